The summed E-state index contributed by atoms with van der Waals surface area (Å²) in [6, 6.07) is -1.80. The van der Waals surface area contributed by atoms with Crippen molar-refractivity contribution in [3.8, 4) is 0 Å². The van der Waals surface area contributed by atoms with Gasteiger partial charge in [0, 0.05) is 0 Å². The average Bonchev–Trinajstić information content (AvgIpc) is 2.90. The number of aliphatic hydroxyl groups is 3. The fourth-order valence-corrected chi connectivity index (χ4v) is 2.75. The maximum atomic E-state index is 14.4. The van der Waals surface area contributed by atoms with Crippen LogP contribution in [-0.2, 0) is 0 Å². The second-order valence-electron chi connectivity index (χ2n) is 4.97. The second kappa shape index (κ2) is 4.55. The van der Waals surface area contributed by atoms with Crippen molar-refractivity contribution in [2.24, 2.45) is 5.92 Å². The van der Waals surface area contributed by atoms with Crippen molar-refractivity contribution in [3.63, 3.8) is 0 Å². The molecule has 2 aromatic rings. The summed E-state index contributed by atoms with van der Waals surface area (Å²) < 4.78 is 29.7. The normalized spacial score (nSPS) is 31.9. The molecule has 1 saturated carbocycles. The lowest BCUT2D eigenvalue weighted by atomic mass is 10.0. The highest BCUT2D eigenvalue weighted by atomic mass is 19.3. The SMILES string of the molecule is Nc1ncnc2c1ncn2[C@H]1[C@H](O)[C@H](O)[C@@H](CO)C1(F)F. The van der Waals surface area contributed by atoms with E-state index in [1.165, 1.54) is 0 Å². The van der Waals surface area contributed by atoms with E-state index < -0.39 is 36.7 Å². The molecule has 0 aromatic carbocycles. The molecule has 1 fully saturated rings. The Bertz CT molecular complexity index is 679. The monoisotopic (exact) mass is 301 g/mol. The number of imidazole rings is 1. The summed E-state index contributed by atoms with van der Waals surface area (Å²) in [5, 5.41) is 28.7. The molecule has 0 bridgehead atoms. The summed E-state index contributed by atoms with van der Waals surface area (Å²) in [6.45, 7) is -0.953. The third-order valence-corrected chi connectivity index (χ3v) is 3.86. The van der Waals surface area contributed by atoms with Gasteiger partial charge in [-0.2, -0.15) is 0 Å². The fourth-order valence-electron chi connectivity index (χ4n) is 2.75. The Balaban J connectivity index is 2.16. The van der Waals surface area contributed by atoms with Gasteiger partial charge in [-0.3, -0.25) is 0 Å². The highest BCUT2D eigenvalue weighted by Gasteiger charge is 2.63. The molecule has 0 radical (unpaired) electrons. The summed E-state index contributed by atoms with van der Waals surface area (Å²) in [5.74, 6) is -5.29. The predicted molar refractivity (Wildman–Crippen MR) is 66.3 cm³/mol. The van der Waals surface area contributed by atoms with Crippen molar-refractivity contribution < 1.29 is 24.1 Å². The van der Waals surface area contributed by atoms with E-state index >= 15 is 0 Å². The number of fused-ring (bicyclic) bond motifs is 1. The van der Waals surface area contributed by atoms with Gasteiger partial charge < -0.3 is 25.6 Å². The van der Waals surface area contributed by atoms with Crippen LogP contribution in [0.4, 0.5) is 14.6 Å². The number of rotatable bonds is 2. The first-order valence-corrected chi connectivity index (χ1v) is 6.17. The molecule has 4 atom stereocenters. The quantitative estimate of drug-likeness (QED) is 0.555. The second-order valence-corrected chi connectivity index (χ2v) is 4.97. The van der Waals surface area contributed by atoms with Crippen LogP contribution in [0.25, 0.3) is 11.2 Å². The van der Waals surface area contributed by atoms with Crippen LogP contribution in [-0.4, -0.2) is 59.6 Å². The topological polar surface area (TPSA) is 130 Å². The first kappa shape index (κ1) is 14.0. The van der Waals surface area contributed by atoms with Crippen LogP contribution in [0.3, 0.4) is 0 Å². The summed E-state index contributed by atoms with van der Waals surface area (Å²) in [7, 11) is 0. The zero-order valence-corrected chi connectivity index (χ0v) is 10.6. The number of anilines is 1. The van der Waals surface area contributed by atoms with Gasteiger partial charge in [0.05, 0.1) is 25.0 Å². The van der Waals surface area contributed by atoms with Crippen LogP contribution in [0, 0.1) is 5.92 Å². The van der Waals surface area contributed by atoms with Gasteiger partial charge in [-0.05, 0) is 0 Å². The number of nitrogens with zero attached hydrogens (tertiary/aromatic N) is 4. The largest absolute Gasteiger partial charge is 0.396 e. The van der Waals surface area contributed by atoms with E-state index in [4.69, 9.17) is 10.8 Å². The van der Waals surface area contributed by atoms with Crippen LogP contribution in [0.5, 0.6) is 0 Å². The van der Waals surface area contributed by atoms with Crippen molar-refractivity contribution in [2.75, 3.05) is 12.3 Å². The minimum atomic E-state index is -3.54. The molecule has 0 saturated heterocycles. The summed E-state index contributed by atoms with van der Waals surface area (Å²) >= 11 is 0. The molecule has 3 rings (SSSR count). The zero-order valence-electron chi connectivity index (χ0n) is 10.6. The maximum Gasteiger partial charge on any atom is 0.278 e. The van der Waals surface area contributed by atoms with Gasteiger partial charge in [0.15, 0.2) is 11.5 Å². The van der Waals surface area contributed by atoms with Crippen LogP contribution in [0.1, 0.15) is 6.04 Å². The molecule has 1 aliphatic rings. The van der Waals surface area contributed by atoms with E-state index in [2.05, 4.69) is 15.0 Å². The van der Waals surface area contributed by atoms with Crippen LogP contribution < -0.4 is 5.73 Å². The first-order valence-electron chi connectivity index (χ1n) is 6.17. The van der Waals surface area contributed by atoms with Crippen molar-refractivity contribution >= 4 is 17.0 Å². The van der Waals surface area contributed by atoms with Gasteiger partial charge in [0.2, 0.25) is 0 Å². The summed E-state index contributed by atoms with van der Waals surface area (Å²) in [4.78, 5) is 11.4. The van der Waals surface area contributed by atoms with Gasteiger partial charge in [-0.25, -0.2) is 23.7 Å². The molecule has 1 aliphatic carbocycles. The first-order chi connectivity index (χ1) is 9.89. The van der Waals surface area contributed by atoms with Crippen molar-refractivity contribution in [1.29, 1.82) is 0 Å². The smallest absolute Gasteiger partial charge is 0.278 e. The van der Waals surface area contributed by atoms with Gasteiger partial charge in [-0.1, -0.05) is 0 Å². The Labute approximate surface area is 116 Å². The molecular formula is C11H13F2N5O3. The predicted octanol–water partition coefficient (Wildman–Crippen LogP) is -1.07. The van der Waals surface area contributed by atoms with Crippen molar-refractivity contribution in [1.82, 2.24) is 19.5 Å². The molecule has 21 heavy (non-hydrogen) atoms. The number of hydrogen-bond donors (Lipinski definition) is 4. The Morgan fingerprint density at radius 2 is 1.95 bits per heavy atom. The molecule has 0 amide bonds. The number of alkyl halides is 2. The van der Waals surface area contributed by atoms with Crippen LogP contribution in [0.2, 0.25) is 0 Å². The Kier molecular flexibility index (Phi) is 3.04. The summed E-state index contributed by atoms with van der Waals surface area (Å²) in [6.07, 6.45) is -1.38. The minimum Gasteiger partial charge on any atom is -0.396 e. The van der Waals surface area contributed by atoms with Crippen molar-refractivity contribution in [2.45, 2.75) is 24.2 Å². The van der Waals surface area contributed by atoms with Crippen LogP contribution in [0.15, 0.2) is 12.7 Å². The van der Waals surface area contributed by atoms with Gasteiger partial charge in [0.1, 0.15) is 24.0 Å². The third kappa shape index (κ3) is 1.79. The van der Waals surface area contributed by atoms with E-state index in [0.29, 0.717) is 0 Å². The molecule has 2 aromatic heterocycles. The lowest BCUT2D eigenvalue weighted by Crippen LogP contribution is -2.36. The Morgan fingerprint density at radius 3 is 2.57 bits per heavy atom. The van der Waals surface area contributed by atoms with E-state index in [9.17, 15) is 19.0 Å². The van der Waals surface area contributed by atoms with E-state index in [0.717, 1.165) is 17.2 Å². The Hall–Kier alpha value is -1.91. The molecule has 114 valence electrons. The van der Waals surface area contributed by atoms with Crippen LogP contribution >= 0.6 is 0 Å². The maximum absolute atomic E-state index is 14.4. The van der Waals surface area contributed by atoms with E-state index in [1.54, 1.807) is 0 Å². The molecule has 0 unspecified atom stereocenters. The minimum absolute atomic E-state index is 0.0220. The molecule has 5 N–H and O–H groups in total. The molecule has 2 heterocycles. The van der Waals surface area contributed by atoms with Gasteiger partial charge >= 0.3 is 0 Å². The highest BCUT2D eigenvalue weighted by molar-refractivity contribution is 5.81. The van der Waals surface area contributed by atoms with E-state index in [1.807, 2.05) is 0 Å². The Morgan fingerprint density at radius 1 is 1.24 bits per heavy atom. The molecule has 0 spiro atoms. The standard InChI is InChI=1S/C11H13F2N5O3/c12-11(13)4(1-19)6(20)7(21)8(11)18-3-17-5-9(14)15-2-16-10(5)18/h2-4,6-8,19-21H,1H2,(H2,14,15,16)/t4-,6-,7-,8+/m1/s1. The van der Waals surface area contributed by atoms with E-state index in [-0.39, 0.29) is 17.0 Å². The lowest BCUT2D eigenvalue weighted by Gasteiger charge is -2.25. The summed E-state index contributed by atoms with van der Waals surface area (Å²) in [5.41, 5.74) is 5.74. The molecule has 0 aliphatic heterocycles. The molecule has 8 nitrogen and oxygen atoms in total. The lowest BCUT2D eigenvalue weighted by molar-refractivity contribution is -0.101. The molecule has 10 heteroatoms. The number of hydrogen-bond acceptors (Lipinski definition) is 7. The number of aromatic nitrogens is 4. The zero-order chi connectivity index (χ0) is 15.4. The third-order valence-electron chi connectivity index (χ3n) is 3.86. The van der Waals surface area contributed by atoms with Gasteiger partial charge in [-0.15, -0.1) is 0 Å². The molecular weight excluding hydrogens is 288 g/mol. The number of halogens is 2. The highest BCUT2D eigenvalue weighted by Crippen LogP contribution is 2.48. The number of aliphatic hydroxyl groups excluding tert-OH is 3. The average molecular weight is 301 g/mol. The van der Waals surface area contributed by atoms with Crippen molar-refractivity contribution in [3.05, 3.63) is 12.7 Å². The number of nitrogen functional groups attached to an aromatic ring is 1. The van der Waals surface area contributed by atoms with Gasteiger partial charge in [0.25, 0.3) is 5.92 Å². The number of nitrogens with two attached hydrogens (primary N) is 1. The fraction of sp³-hybridized carbons (Fsp3) is 0.545.